The van der Waals surface area contributed by atoms with Gasteiger partial charge in [0, 0.05) is 6.54 Å². The van der Waals surface area contributed by atoms with Gasteiger partial charge in [-0.3, -0.25) is 0 Å². The van der Waals surface area contributed by atoms with Crippen molar-refractivity contribution in [2.24, 2.45) is 0 Å². The number of halogens is 1. The van der Waals surface area contributed by atoms with E-state index in [1.807, 2.05) is 43.3 Å². The highest BCUT2D eigenvalue weighted by Crippen LogP contribution is 2.23. The van der Waals surface area contributed by atoms with E-state index in [1.54, 1.807) is 6.07 Å². The van der Waals surface area contributed by atoms with Crippen LogP contribution in [0.4, 0.5) is 5.69 Å². The Hall–Kier alpha value is -1.98. The van der Waals surface area contributed by atoms with Crippen molar-refractivity contribution in [2.75, 3.05) is 5.32 Å². The summed E-state index contributed by atoms with van der Waals surface area (Å²) >= 11 is 6.14. The minimum atomic E-state index is 0.651. The highest BCUT2D eigenvalue weighted by atomic mass is 35.5. The summed E-state index contributed by atoms with van der Waals surface area (Å²) in [5, 5.41) is 12.8. The summed E-state index contributed by atoms with van der Waals surface area (Å²) in [7, 11) is 0. The van der Waals surface area contributed by atoms with Crippen LogP contribution < -0.4 is 5.32 Å². The second-order valence-corrected chi connectivity index (χ2v) is 4.56. The first-order valence-corrected chi connectivity index (χ1v) is 6.06. The first kappa shape index (κ1) is 12.5. The number of nitriles is 1. The summed E-state index contributed by atoms with van der Waals surface area (Å²) in [6.45, 7) is 2.66. The molecule has 0 atom stereocenters. The molecule has 0 fully saturated rings. The van der Waals surface area contributed by atoms with Gasteiger partial charge in [-0.2, -0.15) is 5.26 Å². The normalized spacial score (nSPS) is 9.83. The van der Waals surface area contributed by atoms with Crippen LogP contribution in [-0.2, 0) is 6.54 Å². The molecule has 0 saturated heterocycles. The van der Waals surface area contributed by atoms with Gasteiger partial charge in [0.25, 0.3) is 0 Å². The van der Waals surface area contributed by atoms with Gasteiger partial charge < -0.3 is 5.32 Å². The lowest BCUT2D eigenvalue weighted by Gasteiger charge is -2.09. The van der Waals surface area contributed by atoms with E-state index in [0.29, 0.717) is 17.1 Å². The molecule has 2 rings (SSSR count). The summed E-state index contributed by atoms with van der Waals surface area (Å²) in [5.74, 6) is 0. The van der Waals surface area contributed by atoms with E-state index in [1.165, 1.54) is 0 Å². The number of rotatable bonds is 3. The van der Waals surface area contributed by atoms with Gasteiger partial charge in [0.05, 0.1) is 22.3 Å². The Balaban J connectivity index is 2.09. The third kappa shape index (κ3) is 3.03. The fraction of sp³-hybridized carbons (Fsp3) is 0.133. The van der Waals surface area contributed by atoms with Crippen molar-refractivity contribution >= 4 is 17.3 Å². The number of hydrogen-bond donors (Lipinski definition) is 1. The van der Waals surface area contributed by atoms with Crippen LogP contribution in [0.15, 0.2) is 42.5 Å². The van der Waals surface area contributed by atoms with Crippen LogP contribution in [0.1, 0.15) is 16.7 Å². The van der Waals surface area contributed by atoms with Crippen LogP contribution >= 0.6 is 11.6 Å². The zero-order chi connectivity index (χ0) is 13.0. The zero-order valence-corrected chi connectivity index (χ0v) is 10.8. The van der Waals surface area contributed by atoms with Crippen molar-refractivity contribution in [1.82, 2.24) is 0 Å². The van der Waals surface area contributed by atoms with Crippen LogP contribution in [0.25, 0.3) is 0 Å². The van der Waals surface area contributed by atoms with Crippen LogP contribution in [0.5, 0.6) is 0 Å². The van der Waals surface area contributed by atoms with E-state index in [4.69, 9.17) is 16.9 Å². The molecule has 2 aromatic carbocycles. The molecule has 1 N–H and O–H groups in total. The zero-order valence-electron chi connectivity index (χ0n) is 10.1. The molecule has 2 nitrogen and oxygen atoms in total. The molecule has 0 aliphatic carbocycles. The Morgan fingerprint density at radius 2 is 2.06 bits per heavy atom. The molecule has 0 radical (unpaired) electrons. The predicted molar refractivity (Wildman–Crippen MR) is 74.7 cm³/mol. The first-order chi connectivity index (χ1) is 8.69. The van der Waals surface area contributed by atoms with Gasteiger partial charge in [0.15, 0.2) is 0 Å². The SMILES string of the molecule is Cc1ccc(NCc2cccc(C#N)c2)c(Cl)c1. The third-order valence-electron chi connectivity index (χ3n) is 2.66. The van der Waals surface area contributed by atoms with E-state index in [9.17, 15) is 0 Å². The molecule has 0 spiro atoms. The molecule has 18 heavy (non-hydrogen) atoms. The molecule has 0 heterocycles. The molecule has 0 aliphatic heterocycles. The Morgan fingerprint density at radius 1 is 1.22 bits per heavy atom. The lowest BCUT2D eigenvalue weighted by atomic mass is 10.1. The first-order valence-electron chi connectivity index (χ1n) is 5.68. The van der Waals surface area contributed by atoms with Gasteiger partial charge >= 0.3 is 0 Å². The highest BCUT2D eigenvalue weighted by Gasteiger charge is 2.00. The minimum absolute atomic E-state index is 0.651. The fourth-order valence-corrected chi connectivity index (χ4v) is 2.01. The lowest BCUT2D eigenvalue weighted by Crippen LogP contribution is -2.00. The molecule has 0 aliphatic rings. The van der Waals surface area contributed by atoms with Gasteiger partial charge in [-0.05, 0) is 42.3 Å². The minimum Gasteiger partial charge on any atom is -0.380 e. The maximum absolute atomic E-state index is 8.83. The molecule has 0 amide bonds. The maximum Gasteiger partial charge on any atom is 0.0991 e. The largest absolute Gasteiger partial charge is 0.380 e. The molecular formula is C15H13ClN2. The second-order valence-electron chi connectivity index (χ2n) is 4.15. The lowest BCUT2D eigenvalue weighted by molar-refractivity contribution is 1.14. The highest BCUT2D eigenvalue weighted by molar-refractivity contribution is 6.33. The molecule has 0 aromatic heterocycles. The Kier molecular flexibility index (Phi) is 3.86. The quantitative estimate of drug-likeness (QED) is 0.896. The summed E-state index contributed by atoms with van der Waals surface area (Å²) in [6, 6.07) is 15.6. The van der Waals surface area contributed by atoms with Gasteiger partial charge in [0.1, 0.15) is 0 Å². The van der Waals surface area contributed by atoms with E-state index < -0.39 is 0 Å². The summed E-state index contributed by atoms with van der Waals surface area (Å²) in [6.07, 6.45) is 0. The van der Waals surface area contributed by atoms with Crippen molar-refractivity contribution < 1.29 is 0 Å². The number of aryl methyl sites for hydroxylation is 1. The Labute approximate surface area is 112 Å². The second kappa shape index (κ2) is 5.57. The van der Waals surface area contributed by atoms with Crippen LogP contribution in [-0.4, -0.2) is 0 Å². The van der Waals surface area contributed by atoms with Crippen molar-refractivity contribution in [3.05, 3.63) is 64.2 Å². The molecule has 0 bridgehead atoms. The smallest absolute Gasteiger partial charge is 0.0991 e. The van der Waals surface area contributed by atoms with Crippen molar-refractivity contribution in [1.29, 1.82) is 5.26 Å². The average Bonchev–Trinajstić information content (AvgIpc) is 2.38. The molecule has 0 saturated carbocycles. The fourth-order valence-electron chi connectivity index (χ4n) is 1.71. The summed E-state index contributed by atoms with van der Waals surface area (Å²) < 4.78 is 0. The van der Waals surface area contributed by atoms with Crippen LogP contribution in [0.2, 0.25) is 5.02 Å². The number of benzene rings is 2. The molecule has 0 unspecified atom stereocenters. The van der Waals surface area contributed by atoms with E-state index in [0.717, 1.165) is 16.8 Å². The van der Waals surface area contributed by atoms with E-state index >= 15 is 0 Å². The molecule has 90 valence electrons. The summed E-state index contributed by atoms with van der Waals surface area (Å²) in [5.41, 5.74) is 3.77. The Bertz CT molecular complexity index is 600. The maximum atomic E-state index is 8.83. The standard InChI is InChI=1S/C15H13ClN2/c1-11-5-6-15(14(16)7-11)18-10-13-4-2-3-12(8-13)9-17/h2-8,18H,10H2,1H3. The van der Waals surface area contributed by atoms with Crippen LogP contribution in [0.3, 0.4) is 0 Å². The van der Waals surface area contributed by atoms with Crippen molar-refractivity contribution in [3.8, 4) is 6.07 Å². The van der Waals surface area contributed by atoms with Crippen molar-refractivity contribution in [2.45, 2.75) is 13.5 Å². The summed E-state index contributed by atoms with van der Waals surface area (Å²) in [4.78, 5) is 0. The molecule has 3 heteroatoms. The van der Waals surface area contributed by atoms with Gasteiger partial charge in [-0.15, -0.1) is 0 Å². The van der Waals surface area contributed by atoms with Crippen LogP contribution in [0, 0.1) is 18.3 Å². The van der Waals surface area contributed by atoms with Crippen molar-refractivity contribution in [3.63, 3.8) is 0 Å². The van der Waals surface area contributed by atoms with Gasteiger partial charge in [-0.25, -0.2) is 0 Å². The predicted octanol–water partition coefficient (Wildman–Crippen LogP) is 4.13. The van der Waals surface area contributed by atoms with E-state index in [-0.39, 0.29) is 0 Å². The van der Waals surface area contributed by atoms with Gasteiger partial charge in [-0.1, -0.05) is 29.8 Å². The number of nitrogens with zero attached hydrogens (tertiary/aromatic N) is 1. The molecular weight excluding hydrogens is 244 g/mol. The topological polar surface area (TPSA) is 35.8 Å². The number of hydrogen-bond acceptors (Lipinski definition) is 2. The number of nitrogens with one attached hydrogen (secondary N) is 1. The molecule has 2 aromatic rings. The third-order valence-corrected chi connectivity index (χ3v) is 2.98. The van der Waals surface area contributed by atoms with E-state index in [2.05, 4.69) is 11.4 Å². The monoisotopic (exact) mass is 256 g/mol. The van der Waals surface area contributed by atoms with Gasteiger partial charge in [0.2, 0.25) is 0 Å². The number of anilines is 1. The average molecular weight is 257 g/mol. The Morgan fingerprint density at radius 3 is 2.78 bits per heavy atom.